The van der Waals surface area contributed by atoms with E-state index in [4.69, 9.17) is 9.47 Å². The predicted octanol–water partition coefficient (Wildman–Crippen LogP) is 0.806. The van der Waals surface area contributed by atoms with Gasteiger partial charge in [-0.1, -0.05) is 6.92 Å². The van der Waals surface area contributed by atoms with Crippen molar-refractivity contribution in [3.8, 4) is 0 Å². The third-order valence-corrected chi connectivity index (χ3v) is 2.78. The zero-order valence-electron chi connectivity index (χ0n) is 8.15. The predicted molar refractivity (Wildman–Crippen MR) is 46.0 cm³/mol. The summed E-state index contributed by atoms with van der Waals surface area (Å²) in [5.41, 5.74) is 0. The topological polar surface area (TPSA) is 38.7 Å². The van der Waals surface area contributed by atoms with Gasteiger partial charge in [-0.25, -0.2) is 0 Å². The van der Waals surface area contributed by atoms with Gasteiger partial charge >= 0.3 is 0 Å². The molecule has 0 aromatic carbocycles. The largest absolute Gasteiger partial charge is 0.388 e. The minimum Gasteiger partial charge on any atom is -0.388 e. The number of hydrogen-bond donors (Lipinski definition) is 1. The Kier molecular flexibility index (Phi) is 3.09. The summed E-state index contributed by atoms with van der Waals surface area (Å²) in [4.78, 5) is 0. The van der Waals surface area contributed by atoms with Crippen LogP contribution < -0.4 is 0 Å². The standard InChI is InChI=1S/C9H18O3/c1-5-6(2)12-7(3)8(10)9(5)11-4/h5-10H,1-4H3/t5?,6-,7?,8-,9-/m1/s1. The summed E-state index contributed by atoms with van der Waals surface area (Å²) in [7, 11) is 1.63. The van der Waals surface area contributed by atoms with Crippen LogP contribution in [0.25, 0.3) is 0 Å². The second-order valence-corrected chi connectivity index (χ2v) is 3.60. The zero-order chi connectivity index (χ0) is 9.30. The summed E-state index contributed by atoms with van der Waals surface area (Å²) < 4.78 is 10.7. The van der Waals surface area contributed by atoms with E-state index in [-0.39, 0.29) is 24.2 Å². The van der Waals surface area contributed by atoms with Gasteiger partial charge in [0.05, 0.1) is 18.3 Å². The van der Waals surface area contributed by atoms with Crippen LogP contribution in [0.3, 0.4) is 0 Å². The Balaban J connectivity index is 2.67. The van der Waals surface area contributed by atoms with Gasteiger partial charge in [0.2, 0.25) is 0 Å². The van der Waals surface area contributed by atoms with Gasteiger partial charge in [0, 0.05) is 13.0 Å². The van der Waals surface area contributed by atoms with E-state index in [1.165, 1.54) is 0 Å². The first-order valence-corrected chi connectivity index (χ1v) is 4.44. The number of rotatable bonds is 1. The van der Waals surface area contributed by atoms with Crippen molar-refractivity contribution in [1.82, 2.24) is 0 Å². The molecule has 3 nitrogen and oxygen atoms in total. The van der Waals surface area contributed by atoms with E-state index in [0.29, 0.717) is 0 Å². The smallest absolute Gasteiger partial charge is 0.106 e. The molecule has 2 unspecified atom stereocenters. The van der Waals surface area contributed by atoms with E-state index in [9.17, 15) is 5.11 Å². The van der Waals surface area contributed by atoms with Crippen molar-refractivity contribution in [2.45, 2.75) is 45.2 Å². The summed E-state index contributed by atoms with van der Waals surface area (Å²) in [5, 5.41) is 9.68. The molecule has 0 aromatic heterocycles. The van der Waals surface area contributed by atoms with Crippen LogP contribution in [-0.4, -0.2) is 36.6 Å². The lowest BCUT2D eigenvalue weighted by Gasteiger charge is -2.40. The maximum Gasteiger partial charge on any atom is 0.106 e. The van der Waals surface area contributed by atoms with Crippen LogP contribution in [0.5, 0.6) is 0 Å². The molecular weight excluding hydrogens is 156 g/mol. The fraction of sp³-hybridized carbons (Fsp3) is 1.00. The lowest BCUT2D eigenvalue weighted by molar-refractivity contribution is -0.193. The van der Waals surface area contributed by atoms with Gasteiger partial charge in [0.25, 0.3) is 0 Å². The van der Waals surface area contributed by atoms with Gasteiger partial charge in [-0.3, -0.25) is 0 Å². The van der Waals surface area contributed by atoms with Crippen molar-refractivity contribution in [1.29, 1.82) is 0 Å². The Labute approximate surface area is 73.7 Å². The quantitative estimate of drug-likeness (QED) is 0.639. The SMILES string of the molecule is CO[C@@H]1C(C)[C@@H](C)OC(C)[C@H]1O. The molecule has 1 heterocycles. The fourth-order valence-electron chi connectivity index (χ4n) is 1.74. The first kappa shape index (κ1) is 9.96. The molecule has 0 saturated carbocycles. The Morgan fingerprint density at radius 2 is 1.75 bits per heavy atom. The van der Waals surface area contributed by atoms with Crippen molar-refractivity contribution in [3.63, 3.8) is 0 Å². The number of aliphatic hydroxyl groups excluding tert-OH is 1. The van der Waals surface area contributed by atoms with Gasteiger partial charge in [-0.2, -0.15) is 0 Å². The van der Waals surface area contributed by atoms with Crippen molar-refractivity contribution < 1.29 is 14.6 Å². The molecule has 0 aliphatic carbocycles. The molecule has 12 heavy (non-hydrogen) atoms. The average Bonchev–Trinajstić information content (AvgIpc) is 2.02. The molecule has 1 N–H and O–H groups in total. The minimum atomic E-state index is -0.499. The summed E-state index contributed by atoms with van der Waals surface area (Å²) >= 11 is 0. The van der Waals surface area contributed by atoms with Crippen molar-refractivity contribution in [3.05, 3.63) is 0 Å². The van der Waals surface area contributed by atoms with E-state index >= 15 is 0 Å². The van der Waals surface area contributed by atoms with Gasteiger partial charge in [0.1, 0.15) is 6.10 Å². The van der Waals surface area contributed by atoms with Gasteiger partial charge < -0.3 is 14.6 Å². The Morgan fingerprint density at radius 3 is 2.25 bits per heavy atom. The molecule has 0 radical (unpaired) electrons. The molecule has 5 atom stereocenters. The molecule has 0 bridgehead atoms. The molecule has 1 aliphatic heterocycles. The number of methoxy groups -OCH3 is 1. The Bertz CT molecular complexity index is 135. The highest BCUT2D eigenvalue weighted by atomic mass is 16.5. The molecule has 0 spiro atoms. The van der Waals surface area contributed by atoms with Gasteiger partial charge in [0.15, 0.2) is 0 Å². The van der Waals surface area contributed by atoms with Crippen LogP contribution in [0.1, 0.15) is 20.8 Å². The third-order valence-electron chi connectivity index (χ3n) is 2.78. The van der Waals surface area contributed by atoms with Crippen molar-refractivity contribution in [2.75, 3.05) is 7.11 Å². The minimum absolute atomic E-state index is 0.0938. The van der Waals surface area contributed by atoms with Gasteiger partial charge in [-0.05, 0) is 13.8 Å². The average molecular weight is 174 g/mol. The fourth-order valence-corrected chi connectivity index (χ4v) is 1.74. The molecule has 1 saturated heterocycles. The van der Waals surface area contributed by atoms with E-state index in [1.807, 2.05) is 20.8 Å². The molecule has 3 heteroatoms. The molecule has 0 aromatic rings. The van der Waals surface area contributed by atoms with E-state index in [2.05, 4.69) is 0 Å². The zero-order valence-corrected chi connectivity index (χ0v) is 8.15. The molecule has 0 amide bonds. The van der Waals surface area contributed by atoms with Crippen LogP contribution in [0.4, 0.5) is 0 Å². The third kappa shape index (κ3) is 1.63. The van der Waals surface area contributed by atoms with Crippen LogP contribution >= 0.6 is 0 Å². The number of aliphatic hydroxyl groups is 1. The van der Waals surface area contributed by atoms with E-state index in [0.717, 1.165) is 0 Å². The molecule has 1 fully saturated rings. The molecular formula is C9H18O3. The van der Waals surface area contributed by atoms with Crippen LogP contribution in [0.15, 0.2) is 0 Å². The highest BCUT2D eigenvalue weighted by molar-refractivity contribution is 4.87. The summed E-state index contributed by atoms with van der Waals surface area (Å²) in [6.45, 7) is 5.92. The van der Waals surface area contributed by atoms with E-state index < -0.39 is 6.10 Å². The lowest BCUT2D eigenvalue weighted by Crippen LogP contribution is -2.52. The molecule has 1 aliphatic rings. The molecule has 1 rings (SSSR count). The van der Waals surface area contributed by atoms with Crippen LogP contribution in [0.2, 0.25) is 0 Å². The monoisotopic (exact) mass is 174 g/mol. The van der Waals surface area contributed by atoms with Gasteiger partial charge in [-0.15, -0.1) is 0 Å². The normalized spacial score (nSPS) is 49.2. The first-order chi connectivity index (χ1) is 5.57. The Morgan fingerprint density at radius 1 is 1.17 bits per heavy atom. The maximum absolute atomic E-state index is 9.68. The maximum atomic E-state index is 9.68. The highest BCUT2D eigenvalue weighted by Crippen LogP contribution is 2.27. The van der Waals surface area contributed by atoms with Crippen LogP contribution in [0, 0.1) is 5.92 Å². The Hall–Kier alpha value is -0.120. The second kappa shape index (κ2) is 3.73. The summed E-state index contributed by atoms with van der Waals surface area (Å²) in [6, 6.07) is 0. The molecule has 72 valence electrons. The lowest BCUT2D eigenvalue weighted by atomic mass is 9.89. The second-order valence-electron chi connectivity index (χ2n) is 3.60. The highest BCUT2D eigenvalue weighted by Gasteiger charge is 2.39. The van der Waals surface area contributed by atoms with Crippen molar-refractivity contribution in [2.24, 2.45) is 5.92 Å². The first-order valence-electron chi connectivity index (χ1n) is 4.44. The van der Waals surface area contributed by atoms with Crippen LogP contribution in [-0.2, 0) is 9.47 Å². The van der Waals surface area contributed by atoms with Crippen molar-refractivity contribution >= 4 is 0 Å². The number of ether oxygens (including phenoxy) is 2. The number of hydrogen-bond acceptors (Lipinski definition) is 3. The van der Waals surface area contributed by atoms with E-state index in [1.54, 1.807) is 7.11 Å². The summed E-state index contributed by atoms with van der Waals surface area (Å²) in [6.07, 6.45) is -0.556. The summed E-state index contributed by atoms with van der Waals surface area (Å²) in [5.74, 6) is 0.251.